The van der Waals surface area contributed by atoms with Crippen molar-refractivity contribution < 1.29 is 43.2 Å². The molecule has 0 spiro atoms. The van der Waals surface area contributed by atoms with Crippen LogP contribution in [-0.4, -0.2) is 118 Å². The molecule has 72 heavy (non-hydrogen) atoms. The van der Waals surface area contributed by atoms with Crippen LogP contribution >= 0.6 is 34.5 Å². The van der Waals surface area contributed by atoms with Crippen LogP contribution in [0, 0.1) is 12.3 Å². The van der Waals surface area contributed by atoms with Gasteiger partial charge in [-0.05, 0) is 67.1 Å². The molecule has 1 aliphatic heterocycles. The third kappa shape index (κ3) is 13.9. The van der Waals surface area contributed by atoms with E-state index in [9.17, 15) is 24.3 Å². The Morgan fingerprint density at radius 3 is 2.26 bits per heavy atom. The van der Waals surface area contributed by atoms with Crippen molar-refractivity contribution in [2.75, 3.05) is 46.2 Å². The molecule has 5 atom stereocenters. The number of H-pyrrole nitrogens is 1. The molecule has 4 amide bonds. The Hall–Kier alpha value is -5.99. The Labute approximate surface area is 432 Å². The molecule has 3 aromatic carbocycles. The van der Waals surface area contributed by atoms with Crippen LogP contribution in [0.4, 0.5) is 0 Å². The molecule has 5 N–H and O–H groups in total. The summed E-state index contributed by atoms with van der Waals surface area (Å²) in [5, 5.41) is 28.6. The molecule has 3 aromatic heterocycles. The number of carbonyl (C=O) groups excluding carboxylic acids is 4. The van der Waals surface area contributed by atoms with Crippen molar-refractivity contribution in [1.82, 2.24) is 41.0 Å². The number of ether oxygens (including phenoxy) is 4. The third-order valence-electron chi connectivity index (χ3n) is 12.1. The summed E-state index contributed by atoms with van der Waals surface area (Å²) >= 11 is 14.3. The van der Waals surface area contributed by atoms with Gasteiger partial charge in [0.15, 0.2) is 0 Å². The number of aliphatic hydroxyl groups is 1. The van der Waals surface area contributed by atoms with Crippen LogP contribution in [0.15, 0.2) is 84.6 Å². The summed E-state index contributed by atoms with van der Waals surface area (Å²) in [5.41, 5.74) is 7.86. The lowest BCUT2D eigenvalue weighted by Gasteiger charge is -2.35. The van der Waals surface area contributed by atoms with Gasteiger partial charge in [-0.2, -0.15) is 5.10 Å². The number of hydrogen-bond acceptors (Lipinski definition) is 13. The quantitative estimate of drug-likeness (QED) is 0.0417. The van der Waals surface area contributed by atoms with Gasteiger partial charge in [0.1, 0.15) is 42.8 Å². The first-order chi connectivity index (χ1) is 34.5. The van der Waals surface area contributed by atoms with Gasteiger partial charge in [0, 0.05) is 48.4 Å². The monoisotopic (exact) mass is 1040 g/mol. The van der Waals surface area contributed by atoms with E-state index >= 15 is 0 Å². The summed E-state index contributed by atoms with van der Waals surface area (Å²) in [7, 11) is 0. The number of halogens is 2. The summed E-state index contributed by atoms with van der Waals surface area (Å²) in [4.78, 5) is 64.1. The topological polar surface area (TPSA) is 219 Å². The van der Waals surface area contributed by atoms with Gasteiger partial charge in [-0.1, -0.05) is 86.4 Å². The third-order valence-corrected chi connectivity index (χ3v) is 13.7. The van der Waals surface area contributed by atoms with Crippen LogP contribution in [-0.2, 0) is 39.9 Å². The Bertz CT molecular complexity index is 2820. The van der Waals surface area contributed by atoms with Crippen molar-refractivity contribution in [2.45, 2.75) is 84.8 Å². The van der Waals surface area contributed by atoms with E-state index in [4.69, 9.17) is 42.1 Å². The lowest BCUT2D eigenvalue weighted by Crippen LogP contribution is -2.58. The minimum Gasteiger partial charge on any atom is -0.486 e. The lowest BCUT2D eigenvalue weighted by molar-refractivity contribution is -0.144. The van der Waals surface area contributed by atoms with Crippen LogP contribution in [0.5, 0.6) is 5.75 Å². The summed E-state index contributed by atoms with van der Waals surface area (Å²) in [6, 6.07) is 18.9. The van der Waals surface area contributed by atoms with Gasteiger partial charge in [0.25, 0.3) is 0 Å². The average Bonchev–Trinajstić information content (AvgIpc) is 4.09. The Morgan fingerprint density at radius 2 is 1.58 bits per heavy atom. The molecular weight excluding hydrogens is 984 g/mol. The Balaban J connectivity index is 0.787. The molecule has 0 saturated carbocycles. The van der Waals surface area contributed by atoms with Crippen molar-refractivity contribution in [3.8, 4) is 27.4 Å². The zero-order valence-electron chi connectivity index (χ0n) is 41.0. The highest BCUT2D eigenvalue weighted by atomic mass is 35.5. The fourth-order valence-corrected chi connectivity index (χ4v) is 9.81. The molecular formula is C52H60Cl2N8O9S. The van der Waals surface area contributed by atoms with E-state index in [1.54, 1.807) is 11.3 Å². The van der Waals surface area contributed by atoms with Crippen molar-refractivity contribution >= 4 is 69.1 Å². The number of aryl methyl sites for hydroxylation is 1. The Kier molecular flexibility index (Phi) is 18.4. The number of thiazole rings is 1. The number of aromatic amines is 1. The number of rotatable bonds is 22. The van der Waals surface area contributed by atoms with Crippen molar-refractivity contribution in [2.24, 2.45) is 5.41 Å². The summed E-state index contributed by atoms with van der Waals surface area (Å²) in [6.07, 6.45) is 1.80. The predicted octanol–water partition coefficient (Wildman–Crippen LogP) is 7.54. The second kappa shape index (κ2) is 24.6. The van der Waals surface area contributed by atoms with E-state index < -0.39 is 47.4 Å². The molecule has 0 unspecified atom stereocenters. The summed E-state index contributed by atoms with van der Waals surface area (Å²) in [5.74, 6) is -1.07. The minimum absolute atomic E-state index is 0.0412. The number of hydrogen-bond donors (Lipinski definition) is 5. The van der Waals surface area contributed by atoms with Gasteiger partial charge in [-0.15, -0.1) is 11.3 Å². The molecule has 7 rings (SSSR count). The molecule has 0 aliphatic carbocycles. The van der Waals surface area contributed by atoms with E-state index in [-0.39, 0.29) is 71.1 Å². The number of β-amino-alcohol motifs (C(OH)–C–C–N with tert-alkyl or cyclic N) is 1. The highest BCUT2D eigenvalue weighted by Crippen LogP contribution is 2.36. The fourth-order valence-electron chi connectivity index (χ4n) is 8.33. The number of aliphatic hydroxyl groups excluding tert-OH is 1. The summed E-state index contributed by atoms with van der Waals surface area (Å²) in [6.45, 7) is 11.5. The zero-order valence-corrected chi connectivity index (χ0v) is 43.3. The van der Waals surface area contributed by atoms with Crippen molar-refractivity contribution in [3.63, 3.8) is 0 Å². The maximum Gasteiger partial charge on any atom is 0.246 e. The van der Waals surface area contributed by atoms with Gasteiger partial charge in [-0.3, -0.25) is 29.3 Å². The van der Waals surface area contributed by atoms with Crippen LogP contribution in [0.2, 0.25) is 10.0 Å². The standard InChI is InChI=1S/C52H60Cl2N8O9S/c1-30(34-10-12-35(13-11-34)48-31(2)57-29-72-48)58-50(66)43-21-37(63)26-62(43)51(67)49(52(4,5)6)59-45(65)28-70-19-17-68-16-18-69-27-44(64)56-23-33-8-7-9-36(20-33)47-39-22-38(14-15-42(39)60-61-47)71-32(3)46-40(53)24-55-25-41(46)54/h7-15,20,22,24-25,29-30,32,37,43,49,63H,16-19,21,23,26-28H2,1-6H3,(H,56,64)(H,58,66)(H,59,65)(H,60,61)/t30-,32+,37+,43-,49+/m0/s1. The molecule has 1 aliphatic rings. The molecule has 1 fully saturated rings. The van der Waals surface area contributed by atoms with Gasteiger partial charge < -0.3 is 44.9 Å². The first-order valence-corrected chi connectivity index (χ1v) is 25.2. The van der Waals surface area contributed by atoms with Gasteiger partial charge in [0.05, 0.1) is 70.2 Å². The van der Waals surface area contributed by atoms with Gasteiger partial charge >= 0.3 is 0 Å². The highest BCUT2D eigenvalue weighted by Gasteiger charge is 2.44. The molecule has 0 bridgehead atoms. The second-order valence-electron chi connectivity index (χ2n) is 18.6. The smallest absolute Gasteiger partial charge is 0.246 e. The van der Waals surface area contributed by atoms with E-state index in [2.05, 4.69) is 36.1 Å². The van der Waals surface area contributed by atoms with Crippen LogP contribution in [0.25, 0.3) is 32.6 Å². The number of aromatic nitrogens is 4. The SMILES string of the molecule is Cc1ncsc1-c1ccc([C@H](C)NC(=O)[C@@H]2C[C@@H](O)CN2C(=O)[C@@H](NC(=O)COCCOCCOCC(=O)NCc2cccc(-c3n[nH]c4ccc(O[C@H](C)c5c(Cl)cncc5Cl)cc34)c2)C(C)(C)C)cc1. The Morgan fingerprint density at radius 1 is 0.889 bits per heavy atom. The van der Waals surface area contributed by atoms with Crippen LogP contribution in [0.1, 0.15) is 75.6 Å². The normalized spacial score (nSPS) is 16.0. The number of fused-ring (bicyclic) bond motifs is 1. The highest BCUT2D eigenvalue weighted by molar-refractivity contribution is 7.13. The molecule has 4 heterocycles. The zero-order chi connectivity index (χ0) is 51.5. The largest absolute Gasteiger partial charge is 0.486 e. The maximum absolute atomic E-state index is 14.0. The number of nitrogens with zero attached hydrogens (tertiary/aromatic N) is 4. The average molecular weight is 1040 g/mol. The number of nitrogens with one attached hydrogen (secondary N) is 4. The molecule has 382 valence electrons. The number of likely N-dealkylation sites (tertiary alicyclic amines) is 1. The molecule has 20 heteroatoms. The minimum atomic E-state index is -1.00. The molecule has 17 nitrogen and oxygen atoms in total. The van der Waals surface area contributed by atoms with Crippen LogP contribution < -0.4 is 20.7 Å². The molecule has 6 aromatic rings. The predicted molar refractivity (Wildman–Crippen MR) is 275 cm³/mol. The number of amides is 4. The lowest BCUT2D eigenvalue weighted by atomic mass is 9.85. The number of pyridine rings is 1. The summed E-state index contributed by atoms with van der Waals surface area (Å²) < 4.78 is 22.8. The molecule has 1 saturated heterocycles. The van der Waals surface area contributed by atoms with E-state index in [1.807, 2.05) is 114 Å². The first-order valence-electron chi connectivity index (χ1n) is 23.6. The maximum atomic E-state index is 14.0. The van der Waals surface area contributed by atoms with Gasteiger partial charge in [-0.25, -0.2) is 4.98 Å². The van der Waals surface area contributed by atoms with E-state index in [0.717, 1.165) is 49.4 Å². The van der Waals surface area contributed by atoms with E-state index in [1.165, 1.54) is 17.3 Å². The van der Waals surface area contributed by atoms with Crippen molar-refractivity contribution in [3.05, 3.63) is 117 Å². The first kappa shape index (κ1) is 53.8. The molecule has 0 radical (unpaired) electrons. The number of benzene rings is 3. The number of carbonyl (C=O) groups is 4. The van der Waals surface area contributed by atoms with E-state index in [0.29, 0.717) is 21.4 Å². The second-order valence-corrected chi connectivity index (χ2v) is 20.3. The van der Waals surface area contributed by atoms with Crippen molar-refractivity contribution in [1.29, 1.82) is 0 Å². The fraction of sp³-hybridized carbons (Fsp3) is 0.404. The van der Waals surface area contributed by atoms with Crippen LogP contribution in [0.3, 0.4) is 0 Å². The van der Waals surface area contributed by atoms with Gasteiger partial charge in [0.2, 0.25) is 23.6 Å².